The van der Waals surface area contributed by atoms with E-state index < -0.39 is 0 Å². The van der Waals surface area contributed by atoms with Crippen molar-refractivity contribution < 1.29 is 14.2 Å². The molecule has 31 heavy (non-hydrogen) atoms. The van der Waals surface area contributed by atoms with E-state index in [1.807, 2.05) is 41.3 Å². The Labute approximate surface area is 185 Å². The Balaban J connectivity index is 1.96. The minimum absolute atomic E-state index is 0.158. The van der Waals surface area contributed by atoms with E-state index in [9.17, 15) is 4.79 Å². The van der Waals surface area contributed by atoms with Gasteiger partial charge in [0, 0.05) is 30.1 Å². The Morgan fingerprint density at radius 2 is 1.81 bits per heavy atom. The number of nitrogens with zero attached hydrogens (tertiary/aromatic N) is 1. The Bertz CT molecular complexity index is 1210. The summed E-state index contributed by atoms with van der Waals surface area (Å²) >= 11 is 5.60. The maximum absolute atomic E-state index is 13.2. The van der Waals surface area contributed by atoms with Gasteiger partial charge in [-0.15, -0.1) is 0 Å². The molecule has 0 spiro atoms. The highest BCUT2D eigenvalue weighted by Crippen LogP contribution is 2.40. The first-order chi connectivity index (χ1) is 15.0. The number of aromatic amines is 1. The van der Waals surface area contributed by atoms with Crippen LogP contribution in [-0.4, -0.2) is 49.9 Å². The highest BCUT2D eigenvalue weighted by molar-refractivity contribution is 7.80. The van der Waals surface area contributed by atoms with Crippen molar-refractivity contribution in [3.8, 4) is 17.2 Å². The molecule has 3 aromatic rings. The van der Waals surface area contributed by atoms with E-state index in [0.717, 1.165) is 34.2 Å². The fraction of sp³-hybridized carbons (Fsp3) is 0.304. The first kappa shape index (κ1) is 21.0. The average molecular weight is 440 g/mol. The molecule has 0 aliphatic carbocycles. The molecule has 0 saturated carbocycles. The van der Waals surface area contributed by atoms with Crippen molar-refractivity contribution >= 4 is 28.2 Å². The number of hydrogen-bond donors (Lipinski definition) is 2. The first-order valence-electron chi connectivity index (χ1n) is 9.94. The number of thiocarbonyl (C=S) groups is 1. The predicted octanol–water partition coefficient (Wildman–Crippen LogP) is 3.01. The maximum atomic E-state index is 13.2. The van der Waals surface area contributed by atoms with Crippen LogP contribution in [0.5, 0.6) is 17.2 Å². The van der Waals surface area contributed by atoms with Gasteiger partial charge in [0.05, 0.1) is 27.4 Å². The number of fused-ring (bicyclic) bond motifs is 2. The third kappa shape index (κ3) is 3.67. The van der Waals surface area contributed by atoms with Crippen molar-refractivity contribution in [2.45, 2.75) is 12.5 Å². The summed E-state index contributed by atoms with van der Waals surface area (Å²) in [6.07, 6.45) is 0.771. The second kappa shape index (κ2) is 8.47. The summed E-state index contributed by atoms with van der Waals surface area (Å²) < 4.78 is 16.4. The second-order valence-corrected chi connectivity index (χ2v) is 7.70. The summed E-state index contributed by atoms with van der Waals surface area (Å²) in [5.74, 6) is 2.01. The zero-order valence-electron chi connectivity index (χ0n) is 17.9. The molecule has 2 heterocycles. The minimum atomic E-state index is -0.372. The first-order valence-corrected chi connectivity index (χ1v) is 10.4. The molecule has 0 amide bonds. The Morgan fingerprint density at radius 3 is 2.48 bits per heavy atom. The second-order valence-electron chi connectivity index (χ2n) is 7.31. The molecule has 1 atom stereocenters. The number of nitrogens with one attached hydrogen (secondary N) is 2. The van der Waals surface area contributed by atoms with Gasteiger partial charge >= 0.3 is 0 Å². The lowest BCUT2D eigenvalue weighted by atomic mass is 9.88. The van der Waals surface area contributed by atoms with Crippen molar-refractivity contribution in [3.63, 3.8) is 0 Å². The van der Waals surface area contributed by atoms with Crippen LogP contribution in [0.4, 0.5) is 0 Å². The molecule has 0 bridgehead atoms. The van der Waals surface area contributed by atoms with Crippen LogP contribution in [0, 0.1) is 0 Å². The molecule has 0 saturated heterocycles. The standard InChI is InChI=1S/C23H25N3O4S/c1-24-23(31)26-8-7-13-11-19(29-3)20(30-4)12-16(13)21(26)17-10-14-9-15(28-2)5-6-18(14)25-22(17)27/h5-6,9-12,21H,7-8H2,1-4H3,(H,24,31)(H,25,27). The van der Waals surface area contributed by atoms with Crippen molar-refractivity contribution in [2.24, 2.45) is 0 Å². The summed E-state index contributed by atoms with van der Waals surface area (Å²) in [7, 11) is 6.64. The van der Waals surface area contributed by atoms with Gasteiger partial charge in [0.1, 0.15) is 5.75 Å². The van der Waals surface area contributed by atoms with Gasteiger partial charge in [-0.25, -0.2) is 0 Å². The van der Waals surface area contributed by atoms with Gasteiger partial charge in [-0.2, -0.15) is 0 Å². The SMILES string of the molecule is CNC(=S)N1CCc2cc(OC)c(OC)cc2C1c1cc2cc(OC)ccc2[nH]c1=O. The number of aromatic nitrogens is 1. The number of rotatable bonds is 4. The summed E-state index contributed by atoms with van der Waals surface area (Å²) in [5, 5.41) is 4.53. The Hall–Kier alpha value is -3.26. The molecule has 7 nitrogen and oxygen atoms in total. The molecule has 2 aromatic carbocycles. The topological polar surface area (TPSA) is 75.8 Å². The van der Waals surface area contributed by atoms with E-state index in [-0.39, 0.29) is 11.6 Å². The smallest absolute Gasteiger partial charge is 0.254 e. The number of methoxy groups -OCH3 is 3. The van der Waals surface area contributed by atoms with Crippen molar-refractivity contribution in [3.05, 3.63) is 63.4 Å². The van der Waals surface area contributed by atoms with E-state index in [2.05, 4.69) is 10.3 Å². The van der Waals surface area contributed by atoms with Crippen LogP contribution in [0.25, 0.3) is 10.9 Å². The molecule has 162 valence electrons. The zero-order chi connectivity index (χ0) is 22.1. The van der Waals surface area contributed by atoms with Gasteiger partial charge < -0.3 is 29.4 Å². The maximum Gasteiger partial charge on any atom is 0.254 e. The highest BCUT2D eigenvalue weighted by atomic mass is 32.1. The molecule has 1 aliphatic heterocycles. The number of pyridine rings is 1. The lowest BCUT2D eigenvalue weighted by molar-refractivity contribution is 0.324. The summed E-state index contributed by atoms with van der Waals surface area (Å²) in [5.41, 5.74) is 3.26. The van der Waals surface area contributed by atoms with Crippen LogP contribution in [0.2, 0.25) is 0 Å². The number of ether oxygens (including phenoxy) is 3. The monoisotopic (exact) mass is 439 g/mol. The molecule has 1 aromatic heterocycles. The molecular formula is C23H25N3O4S. The molecule has 0 fully saturated rings. The lowest BCUT2D eigenvalue weighted by Gasteiger charge is -2.39. The van der Waals surface area contributed by atoms with Crippen molar-refractivity contribution in [1.82, 2.24) is 15.2 Å². The number of benzene rings is 2. The highest BCUT2D eigenvalue weighted by Gasteiger charge is 2.33. The van der Waals surface area contributed by atoms with Crippen molar-refractivity contribution in [2.75, 3.05) is 34.9 Å². The molecule has 1 unspecified atom stereocenters. The summed E-state index contributed by atoms with van der Waals surface area (Å²) in [6, 6.07) is 11.1. The Kier molecular flexibility index (Phi) is 5.73. The third-order valence-electron chi connectivity index (χ3n) is 5.72. The van der Waals surface area contributed by atoms with Crippen LogP contribution in [0.3, 0.4) is 0 Å². The molecule has 8 heteroatoms. The largest absolute Gasteiger partial charge is 0.497 e. The molecule has 0 radical (unpaired) electrons. The quantitative estimate of drug-likeness (QED) is 0.605. The van der Waals surface area contributed by atoms with Gasteiger partial charge in [0.2, 0.25) is 0 Å². The normalized spacial score (nSPS) is 15.4. The third-order valence-corrected chi connectivity index (χ3v) is 6.16. The van der Waals surface area contributed by atoms with E-state index >= 15 is 0 Å². The van der Waals surface area contributed by atoms with Crippen LogP contribution in [-0.2, 0) is 6.42 Å². The van der Waals surface area contributed by atoms with Crippen molar-refractivity contribution in [1.29, 1.82) is 0 Å². The summed E-state index contributed by atoms with van der Waals surface area (Å²) in [6.45, 7) is 0.669. The van der Waals surface area contributed by atoms with Gasteiger partial charge in [-0.3, -0.25) is 4.79 Å². The molecule has 1 aliphatic rings. The lowest BCUT2D eigenvalue weighted by Crippen LogP contribution is -2.46. The van der Waals surface area contributed by atoms with E-state index in [4.69, 9.17) is 26.4 Å². The number of H-pyrrole nitrogens is 1. The molecule has 4 rings (SSSR count). The van der Waals surface area contributed by atoms with E-state index in [1.165, 1.54) is 0 Å². The Morgan fingerprint density at radius 1 is 1.06 bits per heavy atom. The van der Waals surface area contributed by atoms with Gasteiger partial charge in [-0.05, 0) is 66.2 Å². The number of hydrogen-bond acceptors (Lipinski definition) is 5. The molecule has 2 N–H and O–H groups in total. The van der Waals surface area contributed by atoms with Crippen LogP contribution in [0.15, 0.2) is 41.2 Å². The van der Waals surface area contributed by atoms with Gasteiger partial charge in [-0.1, -0.05) is 0 Å². The fourth-order valence-electron chi connectivity index (χ4n) is 4.18. The van der Waals surface area contributed by atoms with E-state index in [1.54, 1.807) is 28.4 Å². The fourth-order valence-corrected chi connectivity index (χ4v) is 4.37. The van der Waals surface area contributed by atoms with Gasteiger partial charge in [0.15, 0.2) is 16.6 Å². The van der Waals surface area contributed by atoms with Crippen LogP contribution in [0.1, 0.15) is 22.7 Å². The zero-order valence-corrected chi connectivity index (χ0v) is 18.8. The van der Waals surface area contributed by atoms with E-state index in [0.29, 0.717) is 28.7 Å². The van der Waals surface area contributed by atoms with Crippen LogP contribution < -0.4 is 25.1 Å². The summed E-state index contributed by atoms with van der Waals surface area (Å²) in [4.78, 5) is 18.2. The average Bonchev–Trinajstić information content (AvgIpc) is 2.81. The van der Waals surface area contributed by atoms with Crippen LogP contribution >= 0.6 is 12.2 Å². The predicted molar refractivity (Wildman–Crippen MR) is 125 cm³/mol. The van der Waals surface area contributed by atoms with Gasteiger partial charge in [0.25, 0.3) is 5.56 Å². The molecular weight excluding hydrogens is 414 g/mol. The minimum Gasteiger partial charge on any atom is -0.497 e.